The maximum absolute atomic E-state index is 12.8. The van der Waals surface area contributed by atoms with Crippen LogP contribution in [0.2, 0.25) is 0 Å². The second-order valence-electron chi connectivity index (χ2n) is 2.46. The third-order valence-electron chi connectivity index (χ3n) is 1.61. The van der Waals surface area contributed by atoms with Crippen molar-refractivity contribution in [2.75, 3.05) is 6.54 Å². The predicted molar refractivity (Wildman–Crippen MR) is 40.5 cm³/mol. The Morgan fingerprint density at radius 1 is 1.64 bits per heavy atom. The van der Waals surface area contributed by atoms with E-state index in [9.17, 15) is 8.78 Å². The van der Waals surface area contributed by atoms with Crippen LogP contribution in [0.5, 0.6) is 0 Å². The van der Waals surface area contributed by atoms with Gasteiger partial charge < -0.3 is 5.32 Å². The second kappa shape index (κ2) is 3.62. The van der Waals surface area contributed by atoms with Crippen LogP contribution in [0.25, 0.3) is 0 Å². The van der Waals surface area contributed by atoms with Crippen molar-refractivity contribution < 1.29 is 8.78 Å². The van der Waals surface area contributed by atoms with Crippen molar-refractivity contribution in [3.05, 3.63) is 23.8 Å². The Labute approximate surface area is 64.8 Å². The summed E-state index contributed by atoms with van der Waals surface area (Å²) in [5, 5.41) is 2.90. The number of likely N-dealkylation sites (N-methyl/N-ethyl adjacent to an activating group) is 1. The van der Waals surface area contributed by atoms with E-state index < -0.39 is 11.7 Å². The van der Waals surface area contributed by atoms with Gasteiger partial charge in [-0.05, 0) is 19.0 Å². The topological polar surface area (TPSA) is 12.0 Å². The number of allylic oxidation sites excluding steroid dienone is 2. The van der Waals surface area contributed by atoms with Crippen molar-refractivity contribution in [3.63, 3.8) is 0 Å². The van der Waals surface area contributed by atoms with Crippen LogP contribution in [0.3, 0.4) is 0 Å². The van der Waals surface area contributed by atoms with E-state index in [2.05, 4.69) is 5.32 Å². The minimum Gasteiger partial charge on any atom is -0.308 e. The van der Waals surface area contributed by atoms with Gasteiger partial charge in [-0.2, -0.15) is 0 Å². The Kier molecular flexibility index (Phi) is 2.76. The minimum absolute atomic E-state index is 0.320. The fourth-order valence-corrected chi connectivity index (χ4v) is 1.06. The summed E-state index contributed by atoms with van der Waals surface area (Å²) in [5.41, 5.74) is 0. The van der Waals surface area contributed by atoms with Gasteiger partial charge >= 0.3 is 0 Å². The van der Waals surface area contributed by atoms with Crippen LogP contribution < -0.4 is 5.32 Å². The molecule has 11 heavy (non-hydrogen) atoms. The molecule has 0 heterocycles. The van der Waals surface area contributed by atoms with Gasteiger partial charge in [0.2, 0.25) is 0 Å². The van der Waals surface area contributed by atoms with Crippen LogP contribution in [-0.2, 0) is 0 Å². The molecule has 1 nitrogen and oxygen atoms in total. The molecule has 0 aromatic carbocycles. The maximum atomic E-state index is 12.8. The Balaban J connectivity index is 2.56. The van der Waals surface area contributed by atoms with Crippen molar-refractivity contribution in [1.82, 2.24) is 5.32 Å². The molecule has 0 saturated heterocycles. The van der Waals surface area contributed by atoms with Crippen molar-refractivity contribution >= 4 is 0 Å². The van der Waals surface area contributed by atoms with Gasteiger partial charge in [0.25, 0.3) is 0 Å². The van der Waals surface area contributed by atoms with E-state index in [-0.39, 0.29) is 6.04 Å². The molecule has 1 unspecified atom stereocenters. The minimum atomic E-state index is -0.475. The highest BCUT2D eigenvalue weighted by atomic mass is 19.1. The smallest absolute Gasteiger partial charge is 0.121 e. The molecule has 1 aliphatic rings. The van der Waals surface area contributed by atoms with Crippen molar-refractivity contribution in [2.24, 2.45) is 0 Å². The molecule has 0 saturated carbocycles. The van der Waals surface area contributed by atoms with Gasteiger partial charge in [0, 0.05) is 6.08 Å². The average Bonchev–Trinajstić information content (AvgIpc) is 1.95. The van der Waals surface area contributed by atoms with Crippen LogP contribution in [-0.4, -0.2) is 12.6 Å². The molecule has 0 spiro atoms. The third-order valence-corrected chi connectivity index (χ3v) is 1.61. The maximum Gasteiger partial charge on any atom is 0.121 e. The van der Waals surface area contributed by atoms with Crippen LogP contribution >= 0.6 is 0 Å². The molecule has 0 fully saturated rings. The predicted octanol–water partition coefficient (Wildman–Crippen LogP) is 2.08. The van der Waals surface area contributed by atoms with Gasteiger partial charge in [0.05, 0.1) is 6.04 Å². The molecule has 0 aliphatic heterocycles. The normalized spacial score (nSPS) is 24.5. The summed E-state index contributed by atoms with van der Waals surface area (Å²) in [4.78, 5) is 0. The largest absolute Gasteiger partial charge is 0.308 e. The SMILES string of the molecule is CCNC1CC=C(F)C=C1F. The first-order valence-electron chi connectivity index (χ1n) is 3.70. The fraction of sp³-hybridized carbons (Fsp3) is 0.500. The van der Waals surface area contributed by atoms with Gasteiger partial charge in [-0.25, -0.2) is 8.78 Å². The third kappa shape index (κ3) is 2.12. The lowest BCUT2D eigenvalue weighted by Crippen LogP contribution is -2.30. The summed E-state index contributed by atoms with van der Waals surface area (Å²) in [7, 11) is 0. The molecule has 0 aromatic rings. The van der Waals surface area contributed by atoms with Gasteiger partial charge in [-0.1, -0.05) is 6.92 Å². The van der Waals surface area contributed by atoms with Crippen LogP contribution in [0.4, 0.5) is 8.78 Å². The summed E-state index contributed by atoms with van der Waals surface area (Å²) in [6.07, 6.45) is 2.72. The van der Waals surface area contributed by atoms with E-state index in [1.807, 2.05) is 6.92 Å². The molecule has 0 amide bonds. The first kappa shape index (κ1) is 8.40. The fourth-order valence-electron chi connectivity index (χ4n) is 1.06. The van der Waals surface area contributed by atoms with Crippen LogP contribution in [0.15, 0.2) is 23.8 Å². The lowest BCUT2D eigenvalue weighted by atomic mass is 10.1. The monoisotopic (exact) mass is 159 g/mol. The molecular weight excluding hydrogens is 148 g/mol. The Hall–Kier alpha value is -0.700. The summed E-state index contributed by atoms with van der Waals surface area (Å²) in [5.74, 6) is -0.886. The standard InChI is InChI=1S/C8H11F2N/c1-2-11-8-4-3-6(9)5-7(8)10/h3,5,8,11H,2,4H2,1H3. The summed E-state index contributed by atoms with van der Waals surface area (Å²) < 4.78 is 25.2. The first-order chi connectivity index (χ1) is 5.24. The van der Waals surface area contributed by atoms with Gasteiger partial charge in [0.15, 0.2) is 0 Å². The summed E-state index contributed by atoms with van der Waals surface area (Å²) in [6.45, 7) is 2.59. The zero-order valence-electron chi connectivity index (χ0n) is 6.40. The van der Waals surface area contributed by atoms with E-state index >= 15 is 0 Å². The number of nitrogens with one attached hydrogen (secondary N) is 1. The van der Waals surface area contributed by atoms with Crippen LogP contribution in [0, 0.1) is 0 Å². The molecule has 1 aliphatic carbocycles. The number of hydrogen-bond acceptors (Lipinski definition) is 1. The van der Waals surface area contributed by atoms with Crippen molar-refractivity contribution in [1.29, 1.82) is 0 Å². The molecule has 62 valence electrons. The molecule has 1 rings (SSSR count). The van der Waals surface area contributed by atoms with E-state index in [1.165, 1.54) is 6.08 Å². The van der Waals surface area contributed by atoms with Crippen molar-refractivity contribution in [2.45, 2.75) is 19.4 Å². The molecule has 0 radical (unpaired) electrons. The highest BCUT2D eigenvalue weighted by Crippen LogP contribution is 2.19. The number of hydrogen-bond donors (Lipinski definition) is 1. The van der Waals surface area contributed by atoms with Gasteiger partial charge in [-0.15, -0.1) is 0 Å². The Morgan fingerprint density at radius 3 is 2.91 bits per heavy atom. The van der Waals surface area contributed by atoms with Crippen molar-refractivity contribution in [3.8, 4) is 0 Å². The Morgan fingerprint density at radius 2 is 2.36 bits per heavy atom. The Bertz CT molecular complexity index is 196. The highest BCUT2D eigenvalue weighted by Gasteiger charge is 2.16. The molecule has 3 heteroatoms. The second-order valence-corrected chi connectivity index (χ2v) is 2.46. The van der Waals surface area contributed by atoms with E-state index in [4.69, 9.17) is 0 Å². The molecule has 1 atom stereocenters. The molecule has 0 aromatic heterocycles. The molecule has 0 bridgehead atoms. The molecule has 1 N–H and O–H groups in total. The van der Waals surface area contributed by atoms with Gasteiger partial charge in [-0.3, -0.25) is 0 Å². The highest BCUT2D eigenvalue weighted by molar-refractivity contribution is 5.23. The van der Waals surface area contributed by atoms with E-state index in [0.29, 0.717) is 13.0 Å². The quantitative estimate of drug-likeness (QED) is 0.650. The summed E-state index contributed by atoms with van der Waals surface area (Å²) in [6, 6.07) is -0.320. The van der Waals surface area contributed by atoms with E-state index in [0.717, 1.165) is 6.08 Å². The van der Waals surface area contributed by atoms with Gasteiger partial charge in [0.1, 0.15) is 11.7 Å². The lowest BCUT2D eigenvalue weighted by Gasteiger charge is -2.16. The number of rotatable bonds is 2. The average molecular weight is 159 g/mol. The zero-order valence-corrected chi connectivity index (χ0v) is 6.40. The first-order valence-corrected chi connectivity index (χ1v) is 3.70. The van der Waals surface area contributed by atoms with E-state index in [1.54, 1.807) is 0 Å². The van der Waals surface area contributed by atoms with Crippen LogP contribution in [0.1, 0.15) is 13.3 Å². The summed E-state index contributed by atoms with van der Waals surface area (Å²) >= 11 is 0. The lowest BCUT2D eigenvalue weighted by molar-refractivity contribution is 0.457. The number of halogens is 2. The zero-order chi connectivity index (χ0) is 8.27. The molecular formula is C8H11F2N.